The minimum atomic E-state index is 1.01. The fourth-order valence-corrected chi connectivity index (χ4v) is 3.54. The molecule has 1 unspecified atom stereocenters. The van der Waals surface area contributed by atoms with E-state index >= 15 is 0 Å². The number of unbranched alkanes of at least 4 members (excludes halogenated alkanes) is 10. The fourth-order valence-electron chi connectivity index (χ4n) is 3.21. The van der Waals surface area contributed by atoms with Crippen molar-refractivity contribution in [3.8, 4) is 0 Å². The minimum absolute atomic E-state index is 1.01. The lowest BCUT2D eigenvalue weighted by atomic mass is 9.91. The van der Waals surface area contributed by atoms with Gasteiger partial charge in [0.2, 0.25) is 0 Å². The van der Waals surface area contributed by atoms with E-state index in [0.717, 1.165) is 5.92 Å². The van der Waals surface area contributed by atoms with E-state index in [0.29, 0.717) is 0 Å². The summed E-state index contributed by atoms with van der Waals surface area (Å²) in [6.07, 6.45) is 23.2. The van der Waals surface area contributed by atoms with E-state index in [1.165, 1.54) is 108 Å². The summed E-state index contributed by atoms with van der Waals surface area (Å²) in [5, 5.41) is 1.19. The summed E-state index contributed by atoms with van der Waals surface area (Å²) in [6, 6.07) is 0. The molecule has 0 aromatic carbocycles. The Balaban J connectivity index is 3.35. The normalized spacial score (nSPS) is 12.7. The average Bonchev–Trinajstić information content (AvgIpc) is 2.51. The molecule has 0 spiro atoms. The Bertz CT molecular complexity index is 171. The van der Waals surface area contributed by atoms with E-state index in [-0.39, 0.29) is 0 Å². The van der Waals surface area contributed by atoms with Crippen molar-refractivity contribution in [1.29, 1.82) is 0 Å². The van der Waals surface area contributed by atoms with Crippen LogP contribution in [-0.4, -0.2) is 5.33 Å². The van der Waals surface area contributed by atoms with Crippen LogP contribution in [0.5, 0.6) is 0 Å². The van der Waals surface area contributed by atoms with E-state index in [4.69, 9.17) is 0 Å². The molecule has 0 nitrogen and oxygen atoms in total. The zero-order valence-electron chi connectivity index (χ0n) is 15.0. The molecule has 1 atom stereocenters. The molecule has 21 heavy (non-hydrogen) atoms. The third kappa shape index (κ3) is 16.7. The Morgan fingerprint density at radius 2 is 0.952 bits per heavy atom. The van der Waals surface area contributed by atoms with Crippen LogP contribution in [0.3, 0.4) is 0 Å². The molecule has 0 aromatic heterocycles. The van der Waals surface area contributed by atoms with Gasteiger partial charge in [-0.05, 0) is 18.8 Å². The Morgan fingerprint density at radius 1 is 0.524 bits per heavy atom. The summed E-state index contributed by atoms with van der Waals surface area (Å²) in [4.78, 5) is 0. The first-order chi connectivity index (χ1) is 10.3. The number of rotatable bonds is 17. The van der Waals surface area contributed by atoms with Crippen molar-refractivity contribution in [2.45, 2.75) is 117 Å². The molecule has 0 aliphatic heterocycles. The number of alkyl halides is 1. The lowest BCUT2D eigenvalue weighted by Gasteiger charge is -2.15. The molecule has 0 heterocycles. The summed E-state index contributed by atoms with van der Waals surface area (Å²) in [5.74, 6) is 1.01. The van der Waals surface area contributed by atoms with Crippen LogP contribution in [0.15, 0.2) is 0 Å². The molecule has 0 saturated heterocycles. The molecule has 0 aliphatic carbocycles. The highest BCUT2D eigenvalue weighted by Crippen LogP contribution is 2.22. The summed E-state index contributed by atoms with van der Waals surface area (Å²) in [5.41, 5.74) is 0. The van der Waals surface area contributed by atoms with Gasteiger partial charge >= 0.3 is 0 Å². The van der Waals surface area contributed by atoms with E-state index in [1.54, 1.807) is 0 Å². The summed E-state index contributed by atoms with van der Waals surface area (Å²) >= 11 is 3.58. The molecule has 0 radical (unpaired) electrons. The lowest BCUT2D eigenvalue weighted by Crippen LogP contribution is -2.01. The maximum absolute atomic E-state index is 3.58. The van der Waals surface area contributed by atoms with Gasteiger partial charge in [-0.15, -0.1) is 0 Å². The first-order valence-corrected chi connectivity index (χ1v) is 11.0. The summed E-state index contributed by atoms with van der Waals surface area (Å²) < 4.78 is 0. The van der Waals surface area contributed by atoms with Crippen molar-refractivity contribution in [3.63, 3.8) is 0 Å². The van der Waals surface area contributed by atoms with Crippen molar-refractivity contribution in [2.24, 2.45) is 5.92 Å². The van der Waals surface area contributed by atoms with Gasteiger partial charge in [0.05, 0.1) is 0 Å². The van der Waals surface area contributed by atoms with Gasteiger partial charge in [-0.3, -0.25) is 0 Å². The molecule has 0 aromatic rings. The monoisotopic (exact) mass is 360 g/mol. The minimum Gasteiger partial charge on any atom is -0.0928 e. The molecular weight excluding hydrogens is 320 g/mol. The SMILES string of the molecule is CCCCCCCCCCCCC(CCCC)CCCBr. The van der Waals surface area contributed by atoms with Crippen molar-refractivity contribution in [2.75, 3.05) is 5.33 Å². The molecule has 128 valence electrons. The standard InChI is InChI=1S/C20H41Br/c1-3-5-7-8-9-10-11-12-13-14-17-20(16-6-4-2)18-15-19-21/h20H,3-19H2,1-2H3. The highest BCUT2D eigenvalue weighted by atomic mass is 79.9. The Hall–Kier alpha value is 0.480. The first-order valence-electron chi connectivity index (χ1n) is 9.91. The second kappa shape index (κ2) is 18.5. The van der Waals surface area contributed by atoms with E-state index < -0.39 is 0 Å². The topological polar surface area (TPSA) is 0 Å². The molecule has 0 N–H and O–H groups in total. The van der Waals surface area contributed by atoms with Crippen LogP contribution in [0.2, 0.25) is 0 Å². The zero-order chi connectivity index (χ0) is 15.6. The predicted octanol–water partition coefficient (Wildman–Crippen LogP) is 8.28. The first kappa shape index (κ1) is 21.5. The van der Waals surface area contributed by atoms with Gasteiger partial charge in [0.25, 0.3) is 0 Å². The van der Waals surface area contributed by atoms with Gasteiger partial charge in [0.1, 0.15) is 0 Å². The third-order valence-electron chi connectivity index (χ3n) is 4.68. The van der Waals surface area contributed by atoms with Crippen molar-refractivity contribution in [1.82, 2.24) is 0 Å². The van der Waals surface area contributed by atoms with Gasteiger partial charge in [0.15, 0.2) is 0 Å². The summed E-state index contributed by atoms with van der Waals surface area (Å²) in [7, 11) is 0. The largest absolute Gasteiger partial charge is 0.0928 e. The van der Waals surface area contributed by atoms with Crippen LogP contribution in [0, 0.1) is 5.92 Å². The van der Waals surface area contributed by atoms with Crippen LogP contribution >= 0.6 is 15.9 Å². The molecule has 0 aliphatic rings. The highest BCUT2D eigenvalue weighted by molar-refractivity contribution is 9.09. The highest BCUT2D eigenvalue weighted by Gasteiger charge is 2.07. The van der Waals surface area contributed by atoms with E-state index in [1.807, 2.05) is 0 Å². The van der Waals surface area contributed by atoms with Crippen LogP contribution in [0.1, 0.15) is 117 Å². The summed E-state index contributed by atoms with van der Waals surface area (Å²) in [6.45, 7) is 4.62. The fraction of sp³-hybridized carbons (Fsp3) is 1.00. The predicted molar refractivity (Wildman–Crippen MR) is 103 cm³/mol. The van der Waals surface area contributed by atoms with Crippen molar-refractivity contribution in [3.05, 3.63) is 0 Å². The molecule has 0 saturated carbocycles. The van der Waals surface area contributed by atoms with Gasteiger partial charge in [-0.25, -0.2) is 0 Å². The zero-order valence-corrected chi connectivity index (χ0v) is 16.6. The Kier molecular flexibility index (Phi) is 19.0. The van der Waals surface area contributed by atoms with E-state index in [2.05, 4.69) is 29.8 Å². The van der Waals surface area contributed by atoms with Gasteiger partial charge in [-0.2, -0.15) is 0 Å². The number of hydrogen-bond donors (Lipinski definition) is 0. The smallest absolute Gasteiger partial charge is 0.00314 e. The van der Waals surface area contributed by atoms with E-state index in [9.17, 15) is 0 Å². The number of halogens is 1. The third-order valence-corrected chi connectivity index (χ3v) is 5.24. The molecule has 0 rings (SSSR count). The molecular formula is C20H41Br. The van der Waals surface area contributed by atoms with Gasteiger partial charge < -0.3 is 0 Å². The van der Waals surface area contributed by atoms with Gasteiger partial charge in [-0.1, -0.05) is 120 Å². The molecule has 1 heteroatoms. The van der Waals surface area contributed by atoms with Crippen LogP contribution in [0.25, 0.3) is 0 Å². The van der Waals surface area contributed by atoms with Crippen molar-refractivity contribution >= 4 is 15.9 Å². The Morgan fingerprint density at radius 3 is 1.48 bits per heavy atom. The van der Waals surface area contributed by atoms with Crippen LogP contribution < -0.4 is 0 Å². The Labute approximate surface area is 144 Å². The second-order valence-electron chi connectivity index (χ2n) is 6.81. The maximum atomic E-state index is 3.58. The van der Waals surface area contributed by atoms with Crippen LogP contribution in [0.4, 0.5) is 0 Å². The lowest BCUT2D eigenvalue weighted by molar-refractivity contribution is 0.384. The molecule has 0 amide bonds. The maximum Gasteiger partial charge on any atom is 0.00314 e. The second-order valence-corrected chi connectivity index (χ2v) is 7.60. The number of hydrogen-bond acceptors (Lipinski definition) is 0. The average molecular weight is 361 g/mol. The van der Waals surface area contributed by atoms with Crippen LogP contribution in [-0.2, 0) is 0 Å². The molecule has 0 bridgehead atoms. The molecule has 0 fully saturated rings. The quantitative estimate of drug-likeness (QED) is 0.181. The van der Waals surface area contributed by atoms with Crippen molar-refractivity contribution < 1.29 is 0 Å². The van der Waals surface area contributed by atoms with Gasteiger partial charge in [0, 0.05) is 5.33 Å².